The molecule has 5 nitrogen and oxygen atoms in total. The van der Waals surface area contributed by atoms with Gasteiger partial charge in [-0.2, -0.15) is 17.0 Å². The summed E-state index contributed by atoms with van der Waals surface area (Å²) in [5, 5.41) is 0. The molecule has 1 saturated carbocycles. The van der Waals surface area contributed by atoms with E-state index in [1.165, 1.54) is 15.0 Å². The summed E-state index contributed by atoms with van der Waals surface area (Å²) in [6, 6.07) is 9.57. The standard InChI is InChI=1S/C16H26N2O3S/c1-17(13-14-21-16-11-7-4-8-12-16)22(19,20)18(2)15-9-5-3-6-10-15/h4,7-8,11-12,15H,3,5-6,9-10,13-14H2,1-2H3. The molecule has 0 N–H and O–H groups in total. The number of ether oxygens (including phenoxy) is 1. The van der Waals surface area contributed by atoms with E-state index in [9.17, 15) is 8.42 Å². The molecule has 1 aromatic carbocycles. The molecule has 1 aliphatic carbocycles. The highest BCUT2D eigenvalue weighted by Gasteiger charge is 2.30. The lowest BCUT2D eigenvalue weighted by Gasteiger charge is -2.33. The first kappa shape index (κ1) is 17.2. The van der Waals surface area contributed by atoms with E-state index in [1.807, 2.05) is 30.3 Å². The normalized spacial score (nSPS) is 17.1. The highest BCUT2D eigenvalue weighted by Crippen LogP contribution is 2.24. The maximum Gasteiger partial charge on any atom is 0.281 e. The Labute approximate surface area is 134 Å². The molecule has 0 spiro atoms. The Morgan fingerprint density at radius 1 is 1.09 bits per heavy atom. The minimum atomic E-state index is -3.41. The van der Waals surface area contributed by atoms with Crippen LogP contribution in [0.5, 0.6) is 5.75 Å². The summed E-state index contributed by atoms with van der Waals surface area (Å²) in [7, 11) is -0.0980. The number of nitrogens with zero attached hydrogens (tertiary/aromatic N) is 2. The van der Waals surface area contributed by atoms with Gasteiger partial charge >= 0.3 is 0 Å². The van der Waals surface area contributed by atoms with Gasteiger partial charge in [-0.15, -0.1) is 0 Å². The van der Waals surface area contributed by atoms with Crippen LogP contribution >= 0.6 is 0 Å². The molecule has 22 heavy (non-hydrogen) atoms. The lowest BCUT2D eigenvalue weighted by atomic mass is 9.96. The first-order valence-electron chi connectivity index (χ1n) is 7.89. The Balaban J connectivity index is 1.85. The summed E-state index contributed by atoms with van der Waals surface area (Å²) in [5.41, 5.74) is 0. The van der Waals surface area contributed by atoms with Crippen molar-refractivity contribution in [2.75, 3.05) is 27.2 Å². The van der Waals surface area contributed by atoms with Crippen molar-refractivity contribution in [3.05, 3.63) is 30.3 Å². The molecule has 0 heterocycles. The van der Waals surface area contributed by atoms with Gasteiger partial charge in [0.25, 0.3) is 10.2 Å². The number of rotatable bonds is 7. The van der Waals surface area contributed by atoms with Gasteiger partial charge in [0.1, 0.15) is 12.4 Å². The van der Waals surface area contributed by atoms with E-state index in [0.29, 0.717) is 13.2 Å². The number of likely N-dealkylation sites (N-methyl/N-ethyl adjacent to an activating group) is 1. The Morgan fingerprint density at radius 3 is 2.36 bits per heavy atom. The highest BCUT2D eigenvalue weighted by molar-refractivity contribution is 7.86. The molecule has 0 amide bonds. The maximum atomic E-state index is 12.6. The molecule has 0 aliphatic heterocycles. The van der Waals surface area contributed by atoms with Crippen molar-refractivity contribution in [1.29, 1.82) is 0 Å². The lowest BCUT2D eigenvalue weighted by molar-refractivity contribution is 0.251. The van der Waals surface area contributed by atoms with Crippen molar-refractivity contribution in [1.82, 2.24) is 8.61 Å². The van der Waals surface area contributed by atoms with E-state index in [1.54, 1.807) is 14.1 Å². The van der Waals surface area contributed by atoms with E-state index < -0.39 is 10.2 Å². The van der Waals surface area contributed by atoms with Crippen LogP contribution in [0.2, 0.25) is 0 Å². The second kappa shape index (κ2) is 7.94. The number of para-hydroxylation sites is 1. The second-order valence-corrected chi connectivity index (χ2v) is 7.89. The van der Waals surface area contributed by atoms with Gasteiger partial charge in [-0.05, 0) is 25.0 Å². The molecule has 2 rings (SSSR count). The van der Waals surface area contributed by atoms with E-state index in [4.69, 9.17) is 4.74 Å². The average molecular weight is 326 g/mol. The van der Waals surface area contributed by atoms with Gasteiger partial charge in [0.05, 0.1) is 0 Å². The fraction of sp³-hybridized carbons (Fsp3) is 0.625. The third kappa shape index (κ3) is 4.44. The highest BCUT2D eigenvalue weighted by atomic mass is 32.2. The Morgan fingerprint density at radius 2 is 1.73 bits per heavy atom. The quantitative estimate of drug-likeness (QED) is 0.773. The van der Waals surface area contributed by atoms with E-state index in [2.05, 4.69) is 0 Å². The Kier molecular flexibility index (Phi) is 6.23. The van der Waals surface area contributed by atoms with Gasteiger partial charge in [-0.1, -0.05) is 37.5 Å². The predicted octanol–water partition coefficient (Wildman–Crippen LogP) is 2.51. The minimum absolute atomic E-state index is 0.135. The van der Waals surface area contributed by atoms with Gasteiger partial charge in [0.15, 0.2) is 0 Å². The molecule has 1 aromatic rings. The first-order chi connectivity index (χ1) is 10.5. The monoisotopic (exact) mass is 326 g/mol. The van der Waals surface area contributed by atoms with Gasteiger partial charge in [-0.3, -0.25) is 0 Å². The summed E-state index contributed by atoms with van der Waals surface area (Å²) >= 11 is 0. The fourth-order valence-electron chi connectivity index (χ4n) is 2.78. The van der Waals surface area contributed by atoms with Crippen molar-refractivity contribution < 1.29 is 13.2 Å². The summed E-state index contributed by atoms with van der Waals surface area (Å²) in [4.78, 5) is 0. The first-order valence-corrected chi connectivity index (χ1v) is 9.28. The molecule has 1 aliphatic rings. The third-order valence-electron chi connectivity index (χ3n) is 4.26. The summed E-state index contributed by atoms with van der Waals surface area (Å²) < 4.78 is 33.6. The van der Waals surface area contributed by atoms with Crippen molar-refractivity contribution in [2.45, 2.75) is 38.1 Å². The molecule has 0 unspecified atom stereocenters. The van der Waals surface area contributed by atoms with E-state index >= 15 is 0 Å². The van der Waals surface area contributed by atoms with Crippen LogP contribution < -0.4 is 4.74 Å². The predicted molar refractivity (Wildman–Crippen MR) is 88.1 cm³/mol. The van der Waals surface area contributed by atoms with Gasteiger partial charge in [0.2, 0.25) is 0 Å². The van der Waals surface area contributed by atoms with E-state index in [0.717, 1.165) is 31.4 Å². The third-order valence-corrected chi connectivity index (χ3v) is 6.26. The smallest absolute Gasteiger partial charge is 0.281 e. The van der Waals surface area contributed by atoms with Gasteiger partial charge in [-0.25, -0.2) is 0 Å². The molecular weight excluding hydrogens is 300 g/mol. The van der Waals surface area contributed by atoms with Crippen LogP contribution in [0.25, 0.3) is 0 Å². The van der Waals surface area contributed by atoms with Crippen LogP contribution in [0.3, 0.4) is 0 Å². The second-order valence-electron chi connectivity index (χ2n) is 5.80. The van der Waals surface area contributed by atoms with Crippen molar-refractivity contribution in [3.8, 4) is 5.75 Å². The van der Waals surface area contributed by atoms with Crippen LogP contribution in [-0.4, -0.2) is 50.3 Å². The zero-order valence-electron chi connectivity index (χ0n) is 13.4. The molecule has 0 atom stereocenters. The SMILES string of the molecule is CN(CCOc1ccccc1)S(=O)(=O)N(C)C1CCCCC1. The van der Waals surface area contributed by atoms with Crippen LogP contribution in [0.1, 0.15) is 32.1 Å². The van der Waals surface area contributed by atoms with Crippen molar-refractivity contribution in [3.63, 3.8) is 0 Å². The minimum Gasteiger partial charge on any atom is -0.492 e. The van der Waals surface area contributed by atoms with Crippen LogP contribution in [0, 0.1) is 0 Å². The molecule has 0 bridgehead atoms. The molecule has 0 saturated heterocycles. The molecule has 1 fully saturated rings. The van der Waals surface area contributed by atoms with Crippen LogP contribution in [-0.2, 0) is 10.2 Å². The number of hydrogen-bond donors (Lipinski definition) is 0. The zero-order chi connectivity index (χ0) is 16.0. The average Bonchev–Trinajstić information content (AvgIpc) is 2.55. The van der Waals surface area contributed by atoms with Gasteiger partial charge in [0, 0.05) is 26.7 Å². The molecule has 6 heteroatoms. The zero-order valence-corrected chi connectivity index (χ0v) is 14.3. The van der Waals surface area contributed by atoms with E-state index in [-0.39, 0.29) is 6.04 Å². The molecule has 0 aromatic heterocycles. The molecule has 124 valence electrons. The fourth-order valence-corrected chi connectivity index (χ4v) is 4.11. The summed E-state index contributed by atoms with van der Waals surface area (Å²) in [6.07, 6.45) is 5.37. The largest absolute Gasteiger partial charge is 0.492 e. The number of hydrogen-bond acceptors (Lipinski definition) is 3. The summed E-state index contributed by atoms with van der Waals surface area (Å²) in [5.74, 6) is 0.758. The van der Waals surface area contributed by atoms with Crippen molar-refractivity contribution >= 4 is 10.2 Å². The van der Waals surface area contributed by atoms with Crippen molar-refractivity contribution in [2.24, 2.45) is 0 Å². The van der Waals surface area contributed by atoms with Crippen LogP contribution in [0.4, 0.5) is 0 Å². The summed E-state index contributed by atoms with van der Waals surface area (Å²) in [6.45, 7) is 0.687. The maximum absolute atomic E-state index is 12.6. The molecular formula is C16H26N2O3S. The van der Waals surface area contributed by atoms with Crippen LogP contribution in [0.15, 0.2) is 30.3 Å². The van der Waals surface area contributed by atoms with Gasteiger partial charge < -0.3 is 4.74 Å². The Hall–Kier alpha value is -1.11. The topological polar surface area (TPSA) is 49.9 Å². The number of benzene rings is 1. The lowest BCUT2D eigenvalue weighted by Crippen LogP contribution is -2.46. The molecule has 0 radical (unpaired) electrons. The Bertz CT molecular complexity index is 542.